The number of hydrogen-bond acceptors (Lipinski definition) is 2. The molecule has 0 N–H and O–H groups in total. The molecular formula is C52H44N2O2. The van der Waals surface area contributed by atoms with Gasteiger partial charge in [0.05, 0.1) is 27.6 Å². The second kappa shape index (κ2) is 9.90. The van der Waals surface area contributed by atoms with Gasteiger partial charge in [0, 0.05) is 60.0 Å². The molecule has 0 amide bonds. The minimum atomic E-state index is -0.333. The summed E-state index contributed by atoms with van der Waals surface area (Å²) in [7, 11) is 0. The van der Waals surface area contributed by atoms with Crippen molar-refractivity contribution in [2.75, 3.05) is 0 Å². The quantitative estimate of drug-likeness (QED) is 0.169. The van der Waals surface area contributed by atoms with Crippen LogP contribution in [-0.2, 0) is 10.8 Å². The van der Waals surface area contributed by atoms with Crippen LogP contribution in [0.3, 0.4) is 0 Å². The third-order valence-corrected chi connectivity index (χ3v) is 16.3. The maximum absolute atomic E-state index is 14.7. The molecule has 0 radical (unpaired) electrons. The monoisotopic (exact) mass is 728 g/mol. The molecule has 4 bridgehead atoms. The minimum absolute atomic E-state index is 0.0357. The summed E-state index contributed by atoms with van der Waals surface area (Å²) >= 11 is 0. The zero-order valence-corrected chi connectivity index (χ0v) is 32.6. The molecule has 6 aliphatic carbocycles. The van der Waals surface area contributed by atoms with Crippen LogP contribution in [0.1, 0.15) is 111 Å². The molecular weight excluding hydrogens is 685 g/mol. The van der Waals surface area contributed by atoms with Crippen molar-refractivity contribution >= 4 is 82.2 Å². The lowest BCUT2D eigenvalue weighted by Gasteiger charge is -2.38. The van der Waals surface area contributed by atoms with Crippen LogP contribution in [0, 0.1) is 10.8 Å². The van der Waals surface area contributed by atoms with Crippen molar-refractivity contribution in [3.05, 3.63) is 119 Å². The van der Waals surface area contributed by atoms with Gasteiger partial charge in [0.15, 0.2) is 11.6 Å². The number of rotatable bonds is 1. The summed E-state index contributed by atoms with van der Waals surface area (Å²) in [4.78, 5) is 29.4. The highest BCUT2D eigenvalue weighted by Gasteiger charge is 2.50. The largest absolute Gasteiger partial charge is 0.309 e. The molecule has 2 fully saturated rings. The van der Waals surface area contributed by atoms with Gasteiger partial charge in [-0.2, -0.15) is 0 Å². The molecule has 6 aliphatic rings. The van der Waals surface area contributed by atoms with Crippen molar-refractivity contribution in [1.29, 1.82) is 0 Å². The first-order valence-corrected chi connectivity index (χ1v) is 20.9. The molecule has 15 rings (SSSR count). The van der Waals surface area contributed by atoms with E-state index in [2.05, 4.69) is 134 Å². The van der Waals surface area contributed by atoms with Crippen molar-refractivity contribution in [2.24, 2.45) is 10.8 Å². The van der Waals surface area contributed by atoms with Gasteiger partial charge < -0.3 is 8.97 Å². The number of Topliss-reactive ketones (excluding diaryl/α,β-unsaturated/α-hetero) is 2. The summed E-state index contributed by atoms with van der Waals surface area (Å²) in [5, 5.41) is 9.85. The van der Waals surface area contributed by atoms with Crippen LogP contribution in [0.25, 0.3) is 76.4 Å². The van der Waals surface area contributed by atoms with Gasteiger partial charge in [-0.25, -0.2) is 0 Å². The summed E-state index contributed by atoms with van der Waals surface area (Å²) in [6, 6.07) is 36.1. The Hall–Kier alpha value is -5.48. The molecule has 0 spiro atoms. The first-order valence-electron chi connectivity index (χ1n) is 20.9. The normalized spacial score (nSPS) is 27.4. The number of nitrogens with zero attached hydrogens (tertiary/aromatic N) is 2. The number of hydrogen-bond donors (Lipinski definition) is 0. The lowest BCUT2D eigenvalue weighted by atomic mass is 9.65. The van der Waals surface area contributed by atoms with Crippen LogP contribution in [0.5, 0.6) is 0 Å². The maximum atomic E-state index is 14.7. The van der Waals surface area contributed by atoms with Crippen molar-refractivity contribution in [1.82, 2.24) is 8.97 Å². The Morgan fingerprint density at radius 2 is 1.00 bits per heavy atom. The van der Waals surface area contributed by atoms with E-state index in [4.69, 9.17) is 0 Å². The van der Waals surface area contributed by atoms with Gasteiger partial charge in [-0.3, -0.25) is 9.59 Å². The third kappa shape index (κ3) is 3.60. The van der Waals surface area contributed by atoms with Crippen LogP contribution in [0.15, 0.2) is 97.1 Å². The molecule has 4 nitrogen and oxygen atoms in total. The lowest BCUT2D eigenvalue weighted by Crippen LogP contribution is -2.33. The molecule has 0 atom stereocenters. The molecule has 0 unspecified atom stereocenters. The molecule has 2 saturated carbocycles. The van der Waals surface area contributed by atoms with Gasteiger partial charge in [-0.05, 0) is 133 Å². The molecule has 4 heteroatoms. The van der Waals surface area contributed by atoms with Gasteiger partial charge in [0.1, 0.15) is 0 Å². The average Bonchev–Trinajstić information content (AvgIpc) is 3.79. The summed E-state index contributed by atoms with van der Waals surface area (Å²) in [6.45, 7) is 9.21. The fraction of sp³-hybridized carbons (Fsp3) is 0.308. The molecule has 56 heavy (non-hydrogen) atoms. The van der Waals surface area contributed by atoms with Gasteiger partial charge in [-0.1, -0.05) is 76.2 Å². The Bertz CT molecular complexity index is 3290. The standard InChI is InChI=1S/C52H44N2O2/c1-49-16-20-51(3,21-17-49)47(55)34-27-41-32(25-38(34)49)33-24-37-43-31-13-9-8-10-29(31)14-15-40(43)53(30-11-6-5-7-12-30)46(37)44-36-26-39-35(28-42(36)54(41)45(33)44)48(56)52(4)22-18-50(39,2)19-23-52/h5-15,24-28H,16-23H2,1-4H3. The van der Waals surface area contributed by atoms with E-state index in [1.165, 1.54) is 70.8 Å². The Kier molecular flexibility index (Phi) is 5.60. The first kappa shape index (κ1) is 31.7. The number of carbonyl (C=O) groups excluding carboxylic acids is 2. The average molecular weight is 729 g/mol. The SMILES string of the molecule is CC12CCC(C)(CC1)c1cc3c4cc5c6c7ccccc7ccc6n(-c6ccccc6)c5c5c6cc7c(cc6n(c3cc1C2=O)c45)C(=O)C1(C)CCC7(C)CC1. The summed E-state index contributed by atoms with van der Waals surface area (Å²) in [5.74, 6) is 0.608. The Balaban J connectivity index is 1.30. The molecule has 6 aromatic carbocycles. The highest BCUT2D eigenvalue weighted by Crippen LogP contribution is 2.57. The lowest BCUT2D eigenvalue weighted by molar-refractivity contribution is 0.0726. The van der Waals surface area contributed by atoms with Gasteiger partial charge in [0.2, 0.25) is 0 Å². The van der Waals surface area contributed by atoms with E-state index in [9.17, 15) is 9.59 Å². The number of ketones is 2. The number of aromatic nitrogens is 2. The van der Waals surface area contributed by atoms with Gasteiger partial charge in [-0.15, -0.1) is 0 Å². The number of benzene rings is 6. The fourth-order valence-electron chi connectivity index (χ4n) is 12.5. The second-order valence-corrected chi connectivity index (χ2v) is 19.5. The van der Waals surface area contributed by atoms with E-state index in [1.54, 1.807) is 0 Å². The predicted molar refractivity (Wildman–Crippen MR) is 229 cm³/mol. The van der Waals surface area contributed by atoms with Crippen molar-refractivity contribution in [3.8, 4) is 5.69 Å². The highest BCUT2D eigenvalue weighted by molar-refractivity contribution is 6.36. The zero-order valence-electron chi connectivity index (χ0n) is 32.6. The maximum Gasteiger partial charge on any atom is 0.169 e. The summed E-state index contributed by atoms with van der Waals surface area (Å²) in [5.41, 5.74) is 10.4. The summed E-state index contributed by atoms with van der Waals surface area (Å²) in [6.07, 6.45) is 7.86. The first-order chi connectivity index (χ1) is 27.0. The van der Waals surface area contributed by atoms with E-state index in [1.807, 2.05) is 0 Å². The van der Waals surface area contributed by atoms with E-state index in [0.29, 0.717) is 11.6 Å². The van der Waals surface area contributed by atoms with Crippen LogP contribution in [0.4, 0.5) is 0 Å². The Labute approximate surface area is 325 Å². The van der Waals surface area contributed by atoms with Crippen LogP contribution >= 0.6 is 0 Å². The van der Waals surface area contributed by atoms with E-state index in [-0.39, 0.29) is 21.7 Å². The van der Waals surface area contributed by atoms with Crippen molar-refractivity contribution in [2.45, 2.75) is 89.9 Å². The van der Waals surface area contributed by atoms with Crippen LogP contribution in [-0.4, -0.2) is 20.5 Å². The second-order valence-electron chi connectivity index (χ2n) is 19.5. The minimum Gasteiger partial charge on any atom is -0.309 e. The van der Waals surface area contributed by atoms with Gasteiger partial charge in [0.25, 0.3) is 0 Å². The van der Waals surface area contributed by atoms with E-state index < -0.39 is 0 Å². The number of carbonyl (C=O) groups is 2. The molecule has 0 saturated heterocycles. The Morgan fingerprint density at radius 3 is 1.64 bits per heavy atom. The highest BCUT2D eigenvalue weighted by atomic mass is 16.1. The van der Waals surface area contributed by atoms with E-state index in [0.717, 1.165) is 79.2 Å². The number of fused-ring (bicyclic) bond motifs is 16. The fourth-order valence-corrected chi connectivity index (χ4v) is 12.5. The van der Waals surface area contributed by atoms with E-state index >= 15 is 0 Å². The van der Waals surface area contributed by atoms with Crippen molar-refractivity contribution in [3.63, 3.8) is 0 Å². The third-order valence-electron chi connectivity index (χ3n) is 16.3. The molecule has 9 aromatic rings. The topological polar surface area (TPSA) is 43.5 Å². The van der Waals surface area contributed by atoms with Gasteiger partial charge >= 0.3 is 0 Å². The predicted octanol–water partition coefficient (Wildman–Crippen LogP) is 13.2. The molecule has 3 aromatic heterocycles. The zero-order chi connectivity index (χ0) is 37.7. The number of para-hydroxylation sites is 1. The smallest absolute Gasteiger partial charge is 0.169 e. The van der Waals surface area contributed by atoms with Crippen molar-refractivity contribution < 1.29 is 9.59 Å². The Morgan fingerprint density at radius 1 is 0.446 bits per heavy atom. The molecule has 3 heterocycles. The van der Waals surface area contributed by atoms with Crippen LogP contribution < -0.4 is 0 Å². The molecule has 274 valence electrons. The molecule has 0 aliphatic heterocycles. The van der Waals surface area contributed by atoms with Crippen LogP contribution in [0.2, 0.25) is 0 Å². The summed E-state index contributed by atoms with van der Waals surface area (Å²) < 4.78 is 4.95.